The van der Waals surface area contributed by atoms with Crippen LogP contribution >= 0.6 is 11.6 Å². The highest BCUT2D eigenvalue weighted by molar-refractivity contribution is 7.90. The third-order valence-corrected chi connectivity index (χ3v) is 4.39. The molecule has 7 heteroatoms. The summed E-state index contributed by atoms with van der Waals surface area (Å²) in [6.45, 7) is 1.63. The zero-order valence-corrected chi connectivity index (χ0v) is 12.7. The van der Waals surface area contributed by atoms with Crippen LogP contribution in [-0.4, -0.2) is 19.3 Å². The fraction of sp³-hybridized carbons (Fsp3) is 0.143. The Morgan fingerprint density at radius 3 is 2.43 bits per heavy atom. The Morgan fingerprint density at radius 1 is 1.19 bits per heavy atom. The Bertz CT molecular complexity index is 731. The minimum Gasteiger partial charge on any atom is -0.273 e. The molecule has 0 bridgehead atoms. The van der Waals surface area contributed by atoms with Gasteiger partial charge in [-0.25, -0.2) is 9.71 Å². The van der Waals surface area contributed by atoms with E-state index < -0.39 is 21.8 Å². The molecule has 1 N–H and O–H groups in total. The van der Waals surface area contributed by atoms with E-state index in [2.05, 4.69) is 4.98 Å². The van der Waals surface area contributed by atoms with E-state index in [4.69, 9.17) is 11.6 Å². The van der Waals surface area contributed by atoms with Crippen LogP contribution < -0.4 is 4.72 Å². The third-order valence-electron chi connectivity index (χ3n) is 2.90. The standard InChI is InChI=1S/C14H13ClN2O3S/c1-10(11-5-3-2-4-6-11)14(18)17-21(19,20)13-8-7-12(15)9-16-13/h2-10H,1H3,(H,17,18)/t10-/m0/s1. The zero-order chi connectivity index (χ0) is 15.5. The highest BCUT2D eigenvalue weighted by atomic mass is 35.5. The summed E-state index contributed by atoms with van der Waals surface area (Å²) in [7, 11) is -4.00. The number of carbonyl (C=O) groups excluding carboxylic acids is 1. The SMILES string of the molecule is C[C@H](C(=O)NS(=O)(=O)c1ccc(Cl)cn1)c1ccccc1. The van der Waals surface area contributed by atoms with Gasteiger partial charge < -0.3 is 0 Å². The molecular formula is C14H13ClN2O3S. The maximum Gasteiger partial charge on any atom is 0.281 e. The summed E-state index contributed by atoms with van der Waals surface area (Å²) >= 11 is 5.65. The first-order valence-corrected chi connectivity index (χ1v) is 7.99. The fourth-order valence-electron chi connectivity index (χ4n) is 1.69. The summed E-state index contributed by atoms with van der Waals surface area (Å²) in [6, 6.07) is 11.6. The molecule has 1 amide bonds. The highest BCUT2D eigenvalue weighted by Crippen LogP contribution is 2.16. The summed E-state index contributed by atoms with van der Waals surface area (Å²) in [4.78, 5) is 15.8. The van der Waals surface area contributed by atoms with E-state index in [1.54, 1.807) is 31.2 Å². The zero-order valence-electron chi connectivity index (χ0n) is 11.2. The van der Waals surface area contributed by atoms with Crippen molar-refractivity contribution in [2.24, 2.45) is 0 Å². The molecule has 2 aromatic rings. The van der Waals surface area contributed by atoms with Crippen LogP contribution in [0.1, 0.15) is 18.4 Å². The maximum absolute atomic E-state index is 12.1. The minimum absolute atomic E-state index is 0.250. The van der Waals surface area contributed by atoms with Gasteiger partial charge in [0.05, 0.1) is 10.9 Å². The summed E-state index contributed by atoms with van der Waals surface area (Å²) in [6.07, 6.45) is 1.21. The van der Waals surface area contributed by atoms with Crippen molar-refractivity contribution in [3.05, 3.63) is 59.2 Å². The number of nitrogens with zero attached hydrogens (tertiary/aromatic N) is 1. The summed E-state index contributed by atoms with van der Waals surface area (Å²) < 4.78 is 26.1. The molecule has 5 nitrogen and oxygen atoms in total. The van der Waals surface area contributed by atoms with Crippen molar-refractivity contribution in [1.29, 1.82) is 0 Å². The fourth-order valence-corrected chi connectivity index (χ4v) is 2.78. The van der Waals surface area contributed by atoms with Gasteiger partial charge in [-0.05, 0) is 24.6 Å². The number of pyridine rings is 1. The number of rotatable bonds is 4. The molecule has 0 saturated carbocycles. The average molecular weight is 325 g/mol. The Labute approximate surface area is 128 Å². The van der Waals surface area contributed by atoms with E-state index in [9.17, 15) is 13.2 Å². The lowest BCUT2D eigenvalue weighted by Gasteiger charge is -2.12. The van der Waals surface area contributed by atoms with Crippen molar-refractivity contribution >= 4 is 27.5 Å². The molecule has 0 aliphatic rings. The molecule has 0 unspecified atom stereocenters. The van der Waals surface area contributed by atoms with E-state index in [-0.39, 0.29) is 5.03 Å². The number of hydrogen-bond acceptors (Lipinski definition) is 4. The van der Waals surface area contributed by atoms with Crippen molar-refractivity contribution in [2.45, 2.75) is 17.9 Å². The van der Waals surface area contributed by atoms with Gasteiger partial charge in [-0.15, -0.1) is 0 Å². The largest absolute Gasteiger partial charge is 0.281 e. The van der Waals surface area contributed by atoms with Crippen molar-refractivity contribution in [2.75, 3.05) is 0 Å². The number of nitrogens with one attached hydrogen (secondary N) is 1. The van der Waals surface area contributed by atoms with Gasteiger partial charge >= 0.3 is 0 Å². The second kappa shape index (κ2) is 6.24. The Balaban J connectivity index is 2.17. The molecule has 1 heterocycles. The Hall–Kier alpha value is -1.92. The summed E-state index contributed by atoms with van der Waals surface area (Å²) in [5.74, 6) is -1.20. The predicted octanol–water partition coefficient (Wildman–Crippen LogP) is 2.34. The van der Waals surface area contributed by atoms with Gasteiger partial charge in [0, 0.05) is 6.20 Å². The predicted molar refractivity (Wildman–Crippen MR) is 79.4 cm³/mol. The first kappa shape index (κ1) is 15.5. The van der Waals surface area contributed by atoms with Crippen LogP contribution in [0.2, 0.25) is 5.02 Å². The quantitative estimate of drug-likeness (QED) is 0.936. The molecule has 0 spiro atoms. The second-order valence-corrected chi connectivity index (χ2v) is 6.48. The molecule has 1 atom stereocenters. The summed E-state index contributed by atoms with van der Waals surface area (Å²) in [5.41, 5.74) is 0.731. The number of carbonyl (C=O) groups is 1. The molecular weight excluding hydrogens is 312 g/mol. The van der Waals surface area contributed by atoms with Crippen LogP contribution in [0, 0.1) is 0 Å². The molecule has 0 aliphatic carbocycles. The van der Waals surface area contributed by atoms with Gasteiger partial charge in [0.25, 0.3) is 10.0 Å². The van der Waals surface area contributed by atoms with Gasteiger partial charge in [0.15, 0.2) is 5.03 Å². The Kier molecular flexibility index (Phi) is 4.59. The highest BCUT2D eigenvalue weighted by Gasteiger charge is 2.23. The second-order valence-electron chi connectivity index (χ2n) is 4.42. The van der Waals surface area contributed by atoms with Crippen molar-refractivity contribution in [3.63, 3.8) is 0 Å². The topological polar surface area (TPSA) is 76.1 Å². The van der Waals surface area contributed by atoms with Crippen LogP contribution in [0.25, 0.3) is 0 Å². The number of sulfonamides is 1. The van der Waals surface area contributed by atoms with E-state index in [1.807, 2.05) is 10.8 Å². The maximum atomic E-state index is 12.1. The lowest BCUT2D eigenvalue weighted by Crippen LogP contribution is -2.34. The van der Waals surface area contributed by atoms with E-state index >= 15 is 0 Å². The number of hydrogen-bond donors (Lipinski definition) is 1. The van der Waals surface area contributed by atoms with Crippen molar-refractivity contribution in [3.8, 4) is 0 Å². The van der Waals surface area contributed by atoms with Gasteiger partial charge in [-0.2, -0.15) is 8.42 Å². The van der Waals surface area contributed by atoms with Crippen LogP contribution in [0.3, 0.4) is 0 Å². The third kappa shape index (κ3) is 3.80. The molecule has 0 saturated heterocycles. The van der Waals surface area contributed by atoms with E-state index in [1.165, 1.54) is 18.3 Å². The Morgan fingerprint density at radius 2 is 1.86 bits per heavy atom. The normalized spacial score (nSPS) is 12.7. The number of amides is 1. The lowest BCUT2D eigenvalue weighted by atomic mass is 10.0. The lowest BCUT2D eigenvalue weighted by molar-refractivity contribution is -0.120. The molecule has 0 aliphatic heterocycles. The van der Waals surface area contributed by atoms with Crippen LogP contribution in [0.5, 0.6) is 0 Å². The first-order chi connectivity index (χ1) is 9.90. The first-order valence-electron chi connectivity index (χ1n) is 6.13. The molecule has 0 radical (unpaired) electrons. The van der Waals surface area contributed by atoms with Crippen LogP contribution in [0.15, 0.2) is 53.7 Å². The van der Waals surface area contributed by atoms with Gasteiger partial charge in [-0.1, -0.05) is 41.9 Å². The number of aromatic nitrogens is 1. The molecule has 21 heavy (non-hydrogen) atoms. The van der Waals surface area contributed by atoms with Gasteiger partial charge in [-0.3, -0.25) is 4.79 Å². The molecule has 1 aromatic heterocycles. The van der Waals surface area contributed by atoms with Crippen molar-refractivity contribution < 1.29 is 13.2 Å². The monoisotopic (exact) mass is 324 g/mol. The van der Waals surface area contributed by atoms with Gasteiger partial charge in [0.1, 0.15) is 0 Å². The number of benzene rings is 1. The summed E-state index contributed by atoms with van der Waals surface area (Å²) in [5, 5.41) is 0.0680. The van der Waals surface area contributed by atoms with Crippen LogP contribution in [-0.2, 0) is 14.8 Å². The van der Waals surface area contributed by atoms with Crippen LogP contribution in [0.4, 0.5) is 0 Å². The average Bonchev–Trinajstić information content (AvgIpc) is 2.47. The van der Waals surface area contributed by atoms with Gasteiger partial charge in [0.2, 0.25) is 5.91 Å². The molecule has 1 aromatic carbocycles. The minimum atomic E-state index is -4.00. The molecule has 2 rings (SSSR count). The smallest absolute Gasteiger partial charge is 0.273 e. The molecule has 110 valence electrons. The van der Waals surface area contributed by atoms with E-state index in [0.717, 1.165) is 5.56 Å². The van der Waals surface area contributed by atoms with Crippen molar-refractivity contribution in [1.82, 2.24) is 9.71 Å². The number of halogens is 1. The molecule has 0 fully saturated rings. The van der Waals surface area contributed by atoms with E-state index in [0.29, 0.717) is 5.02 Å².